The Balaban J connectivity index is 1.60. The van der Waals surface area contributed by atoms with Gasteiger partial charge in [-0.25, -0.2) is 0 Å². The molecule has 2 fully saturated rings. The van der Waals surface area contributed by atoms with Crippen LogP contribution in [0, 0.1) is 18.8 Å². The highest BCUT2D eigenvalue weighted by Gasteiger charge is 2.44. The molecule has 2 aromatic rings. The van der Waals surface area contributed by atoms with Crippen LogP contribution >= 0.6 is 0 Å². The molecule has 4 N–H and O–H groups in total. The predicted octanol–water partition coefficient (Wildman–Crippen LogP) is 4.52. The Labute approximate surface area is 226 Å². The molecule has 0 bridgehead atoms. The molecule has 1 saturated heterocycles. The van der Waals surface area contributed by atoms with Gasteiger partial charge in [0, 0.05) is 50.2 Å². The average molecular weight is 525 g/mol. The zero-order valence-corrected chi connectivity index (χ0v) is 22.9. The zero-order chi connectivity index (χ0) is 27.1. The average Bonchev–Trinajstić information content (AvgIpc) is 2.94. The summed E-state index contributed by atoms with van der Waals surface area (Å²) in [5.41, 5.74) is 6.72. The van der Waals surface area contributed by atoms with Crippen molar-refractivity contribution in [1.82, 2.24) is 4.90 Å². The number of para-hydroxylation sites is 2. The van der Waals surface area contributed by atoms with Gasteiger partial charge in [0.2, 0.25) is 5.91 Å². The molecule has 1 heterocycles. The molecule has 4 rings (SSSR count). The lowest BCUT2D eigenvalue weighted by atomic mass is 9.73. The molecular weight excluding hydrogens is 480 g/mol. The molecule has 0 spiro atoms. The van der Waals surface area contributed by atoms with E-state index in [-0.39, 0.29) is 23.8 Å². The summed E-state index contributed by atoms with van der Waals surface area (Å²) < 4.78 is 11.7. The van der Waals surface area contributed by atoms with Gasteiger partial charge in [0.25, 0.3) is 0 Å². The fourth-order valence-corrected chi connectivity index (χ4v) is 6.14. The van der Waals surface area contributed by atoms with Crippen LogP contribution in [0.4, 0.5) is 0 Å². The van der Waals surface area contributed by atoms with E-state index in [4.69, 9.17) is 15.2 Å². The van der Waals surface area contributed by atoms with Gasteiger partial charge in [0.1, 0.15) is 11.5 Å². The Morgan fingerprint density at radius 3 is 2.55 bits per heavy atom. The number of carbonyl (C=O) groups is 1. The first-order valence-corrected chi connectivity index (χ1v) is 14.1. The largest absolute Gasteiger partial charge is 0.457 e. The highest BCUT2D eigenvalue weighted by atomic mass is 16.5. The number of piperidine rings is 1. The van der Waals surface area contributed by atoms with Gasteiger partial charge in [0.05, 0.1) is 11.7 Å². The predicted molar refractivity (Wildman–Crippen MR) is 148 cm³/mol. The van der Waals surface area contributed by atoms with Crippen molar-refractivity contribution < 1.29 is 24.5 Å². The number of likely N-dealkylation sites (tertiary alicyclic amines) is 1. The lowest BCUT2D eigenvalue weighted by Gasteiger charge is -2.44. The van der Waals surface area contributed by atoms with Gasteiger partial charge in [-0.3, -0.25) is 4.79 Å². The number of hydrogen-bond acceptors (Lipinski definition) is 6. The summed E-state index contributed by atoms with van der Waals surface area (Å²) in [7, 11) is 1.69. The van der Waals surface area contributed by atoms with E-state index in [0.717, 1.165) is 42.6 Å². The Morgan fingerprint density at radius 1 is 1.08 bits per heavy atom. The number of rotatable bonds is 10. The molecule has 0 unspecified atom stereocenters. The van der Waals surface area contributed by atoms with Crippen LogP contribution < -0.4 is 10.5 Å². The van der Waals surface area contributed by atoms with Gasteiger partial charge in [-0.15, -0.1) is 0 Å². The minimum atomic E-state index is -1.16. The van der Waals surface area contributed by atoms with Crippen molar-refractivity contribution in [1.29, 1.82) is 0 Å². The molecule has 2 aliphatic rings. The normalized spacial score (nSPS) is 25.6. The number of ether oxygens (including phenoxy) is 2. The number of nitrogens with two attached hydrogens (primary N) is 1. The summed E-state index contributed by atoms with van der Waals surface area (Å²) >= 11 is 0. The summed E-state index contributed by atoms with van der Waals surface area (Å²) in [5, 5.41) is 22.5. The number of unbranched alkanes of at least 4 members (excludes halogenated alkanes) is 1. The van der Waals surface area contributed by atoms with Crippen molar-refractivity contribution in [3.63, 3.8) is 0 Å². The summed E-state index contributed by atoms with van der Waals surface area (Å²) in [6.07, 6.45) is 5.04. The minimum Gasteiger partial charge on any atom is -0.457 e. The Morgan fingerprint density at radius 2 is 1.82 bits per heavy atom. The van der Waals surface area contributed by atoms with Crippen molar-refractivity contribution in [2.75, 3.05) is 26.8 Å². The second kappa shape index (κ2) is 13.1. The first kappa shape index (κ1) is 28.6. The van der Waals surface area contributed by atoms with Crippen LogP contribution in [0.25, 0.3) is 0 Å². The maximum absolute atomic E-state index is 13.5. The van der Waals surface area contributed by atoms with E-state index >= 15 is 0 Å². The molecule has 1 aliphatic heterocycles. The lowest BCUT2D eigenvalue weighted by molar-refractivity contribution is -0.143. The number of hydrogen-bond donors (Lipinski definition) is 3. The second-order valence-electron chi connectivity index (χ2n) is 11.1. The van der Waals surface area contributed by atoms with Crippen molar-refractivity contribution >= 4 is 5.91 Å². The molecule has 7 nitrogen and oxygen atoms in total. The van der Waals surface area contributed by atoms with E-state index in [1.165, 1.54) is 0 Å². The number of amides is 1. The van der Waals surface area contributed by atoms with Crippen LogP contribution in [0.1, 0.15) is 62.5 Å². The molecule has 208 valence electrons. The lowest BCUT2D eigenvalue weighted by Crippen LogP contribution is -2.51. The molecule has 1 aliphatic carbocycles. The third kappa shape index (κ3) is 6.57. The molecule has 38 heavy (non-hydrogen) atoms. The van der Waals surface area contributed by atoms with Crippen LogP contribution in [-0.4, -0.2) is 60.0 Å². The van der Waals surface area contributed by atoms with Crippen LogP contribution in [0.2, 0.25) is 0 Å². The Kier molecular flexibility index (Phi) is 9.82. The summed E-state index contributed by atoms with van der Waals surface area (Å²) in [5.74, 6) is 1.21. The number of aliphatic hydroxyl groups is 2. The Hall–Kier alpha value is -2.45. The van der Waals surface area contributed by atoms with Gasteiger partial charge in [-0.05, 0) is 76.0 Å². The number of benzene rings is 2. The standard InChI is InChI=1S/C31H44N2O5/c1-22-10-3-5-13-28(22)38-29-14-6-4-12-25(29)31(36,17-7-8-19-37-2)24-11-9-18-33(21-24)30(35)23-15-16-27(34)26(32)20-23/h3-6,10,12-14,23-24,26-27,34,36H,7-9,11,15-21,32H2,1-2H3/t23-,24+,26+,27-,31-/m0/s1. The van der Waals surface area contributed by atoms with Crippen molar-refractivity contribution in [2.45, 2.75) is 76.0 Å². The number of aryl methyl sites for hydroxylation is 1. The van der Waals surface area contributed by atoms with Crippen molar-refractivity contribution in [3.05, 3.63) is 59.7 Å². The summed E-state index contributed by atoms with van der Waals surface area (Å²) in [6, 6.07) is 15.3. The maximum Gasteiger partial charge on any atom is 0.225 e. The molecular formula is C31H44N2O5. The van der Waals surface area contributed by atoms with Gasteiger partial charge in [0.15, 0.2) is 0 Å². The highest BCUT2D eigenvalue weighted by Crippen LogP contribution is 2.45. The van der Waals surface area contributed by atoms with E-state index in [9.17, 15) is 15.0 Å². The van der Waals surface area contributed by atoms with E-state index in [2.05, 4.69) is 0 Å². The second-order valence-corrected chi connectivity index (χ2v) is 11.1. The molecule has 0 aromatic heterocycles. The first-order valence-electron chi connectivity index (χ1n) is 14.1. The molecule has 7 heteroatoms. The van der Waals surface area contributed by atoms with E-state index in [0.29, 0.717) is 51.1 Å². The van der Waals surface area contributed by atoms with Gasteiger partial charge in [-0.2, -0.15) is 0 Å². The quantitative estimate of drug-likeness (QED) is 0.395. The third-order valence-corrected chi connectivity index (χ3v) is 8.44. The number of methoxy groups -OCH3 is 1. The van der Waals surface area contributed by atoms with E-state index in [1.807, 2.05) is 60.4 Å². The summed E-state index contributed by atoms with van der Waals surface area (Å²) in [6.45, 7) is 3.83. The Bertz CT molecular complexity index is 1060. The van der Waals surface area contributed by atoms with Crippen LogP contribution in [-0.2, 0) is 15.1 Å². The SMILES string of the molecule is COCCCC[C@@](O)(c1ccccc1Oc1ccccc1C)[C@@H]1CCCN(C(=O)[C@H]2CC[C@H](O)[C@H](N)C2)C1. The zero-order valence-electron chi connectivity index (χ0n) is 22.9. The number of nitrogens with zero attached hydrogens (tertiary/aromatic N) is 1. The van der Waals surface area contributed by atoms with Gasteiger partial charge in [-0.1, -0.05) is 36.4 Å². The highest BCUT2D eigenvalue weighted by molar-refractivity contribution is 5.79. The molecule has 2 aromatic carbocycles. The minimum absolute atomic E-state index is 0.100. The fourth-order valence-electron chi connectivity index (χ4n) is 6.14. The fraction of sp³-hybridized carbons (Fsp3) is 0.581. The third-order valence-electron chi connectivity index (χ3n) is 8.44. The van der Waals surface area contributed by atoms with Gasteiger partial charge < -0.3 is 30.3 Å². The van der Waals surface area contributed by atoms with Crippen molar-refractivity contribution in [3.8, 4) is 11.5 Å². The van der Waals surface area contributed by atoms with E-state index < -0.39 is 11.7 Å². The smallest absolute Gasteiger partial charge is 0.225 e. The number of carbonyl (C=O) groups excluding carboxylic acids is 1. The van der Waals surface area contributed by atoms with Gasteiger partial charge >= 0.3 is 0 Å². The maximum atomic E-state index is 13.5. The molecule has 1 saturated carbocycles. The number of aliphatic hydroxyl groups excluding tert-OH is 1. The molecule has 0 radical (unpaired) electrons. The summed E-state index contributed by atoms with van der Waals surface area (Å²) in [4.78, 5) is 15.4. The van der Waals surface area contributed by atoms with Crippen LogP contribution in [0.15, 0.2) is 48.5 Å². The van der Waals surface area contributed by atoms with Crippen molar-refractivity contribution in [2.24, 2.45) is 17.6 Å². The van der Waals surface area contributed by atoms with Crippen LogP contribution in [0.5, 0.6) is 11.5 Å². The topological polar surface area (TPSA) is 105 Å². The molecule has 5 atom stereocenters. The van der Waals surface area contributed by atoms with E-state index in [1.54, 1.807) is 7.11 Å². The monoisotopic (exact) mass is 524 g/mol. The molecule has 1 amide bonds. The first-order chi connectivity index (χ1) is 18.3. The van der Waals surface area contributed by atoms with Crippen LogP contribution in [0.3, 0.4) is 0 Å².